The number of hydrogen-bond donors (Lipinski definition) is 1. The minimum Gasteiger partial charge on any atom is -0.492 e. The Morgan fingerprint density at radius 2 is 2.11 bits per heavy atom. The molecule has 1 fully saturated rings. The summed E-state index contributed by atoms with van der Waals surface area (Å²) in [5.41, 5.74) is 7.46. The highest BCUT2D eigenvalue weighted by molar-refractivity contribution is 5.27. The summed E-state index contributed by atoms with van der Waals surface area (Å²) < 4.78 is 5.79. The molecule has 1 aromatic carbocycles. The summed E-state index contributed by atoms with van der Waals surface area (Å²) in [6, 6.07) is 8.30. The summed E-state index contributed by atoms with van der Waals surface area (Å²) in [5, 5.41) is 0. The van der Waals surface area contributed by atoms with Crippen molar-refractivity contribution in [3.8, 4) is 5.75 Å². The Kier molecular flexibility index (Phi) is 4.61. The number of likely N-dealkylation sites (tertiary alicyclic amines) is 1. The number of nitrogens with two attached hydrogens (primary N) is 1. The van der Waals surface area contributed by atoms with Gasteiger partial charge in [0.15, 0.2) is 0 Å². The van der Waals surface area contributed by atoms with Crippen LogP contribution in [0.25, 0.3) is 0 Å². The zero-order chi connectivity index (χ0) is 13.0. The van der Waals surface area contributed by atoms with Gasteiger partial charge in [0.25, 0.3) is 0 Å². The second-order valence-corrected chi connectivity index (χ2v) is 5.43. The van der Waals surface area contributed by atoms with Gasteiger partial charge in [-0.25, -0.2) is 0 Å². The number of ether oxygens (including phenoxy) is 1. The molecule has 100 valence electrons. The van der Waals surface area contributed by atoms with Crippen LogP contribution < -0.4 is 10.5 Å². The maximum Gasteiger partial charge on any atom is 0.119 e. The van der Waals surface area contributed by atoms with Gasteiger partial charge in [-0.1, -0.05) is 12.1 Å². The van der Waals surface area contributed by atoms with Crippen molar-refractivity contribution < 1.29 is 4.74 Å². The zero-order valence-corrected chi connectivity index (χ0v) is 11.4. The smallest absolute Gasteiger partial charge is 0.119 e. The van der Waals surface area contributed by atoms with E-state index in [4.69, 9.17) is 10.5 Å². The van der Waals surface area contributed by atoms with Crippen molar-refractivity contribution in [3.05, 3.63) is 29.8 Å². The Morgan fingerprint density at radius 1 is 1.39 bits per heavy atom. The number of piperidine rings is 1. The Bertz CT molecular complexity index is 373. The van der Waals surface area contributed by atoms with E-state index >= 15 is 0 Å². The molecule has 1 aliphatic heterocycles. The van der Waals surface area contributed by atoms with Crippen LogP contribution in [0, 0.1) is 12.8 Å². The molecule has 1 atom stereocenters. The van der Waals surface area contributed by atoms with Gasteiger partial charge in [-0.2, -0.15) is 0 Å². The fraction of sp³-hybridized carbons (Fsp3) is 0.600. The summed E-state index contributed by atoms with van der Waals surface area (Å²) in [6.45, 7) is 5.01. The summed E-state index contributed by atoms with van der Waals surface area (Å²) >= 11 is 0. The molecule has 0 amide bonds. The van der Waals surface area contributed by atoms with E-state index in [1.165, 1.54) is 18.4 Å². The van der Waals surface area contributed by atoms with Gasteiger partial charge in [0.1, 0.15) is 12.4 Å². The largest absolute Gasteiger partial charge is 0.492 e. The molecule has 1 unspecified atom stereocenters. The van der Waals surface area contributed by atoms with Gasteiger partial charge in [0.05, 0.1) is 0 Å². The minimum absolute atomic E-state index is 0.152. The van der Waals surface area contributed by atoms with E-state index in [0.29, 0.717) is 12.5 Å². The molecule has 2 N–H and O–H groups in total. The van der Waals surface area contributed by atoms with Gasteiger partial charge < -0.3 is 15.4 Å². The van der Waals surface area contributed by atoms with Gasteiger partial charge in [0.2, 0.25) is 0 Å². The van der Waals surface area contributed by atoms with E-state index in [-0.39, 0.29) is 6.04 Å². The number of rotatable bonds is 4. The summed E-state index contributed by atoms with van der Waals surface area (Å²) in [4.78, 5) is 2.37. The van der Waals surface area contributed by atoms with Crippen LogP contribution in [0.3, 0.4) is 0 Å². The highest BCUT2D eigenvalue weighted by Gasteiger charge is 2.22. The molecule has 18 heavy (non-hydrogen) atoms. The lowest BCUT2D eigenvalue weighted by Crippen LogP contribution is -2.42. The van der Waals surface area contributed by atoms with Gasteiger partial charge in [-0.05, 0) is 63.5 Å². The van der Waals surface area contributed by atoms with Crippen molar-refractivity contribution in [2.45, 2.75) is 25.8 Å². The van der Waals surface area contributed by atoms with Crippen LogP contribution in [-0.4, -0.2) is 37.7 Å². The highest BCUT2D eigenvalue weighted by Crippen LogP contribution is 2.20. The standard InChI is InChI=1S/C15H24N2O/c1-12-4-3-5-14(10-12)18-11-15(16)13-6-8-17(2)9-7-13/h3-5,10,13,15H,6-9,11,16H2,1-2H3. The lowest BCUT2D eigenvalue weighted by Gasteiger charge is -2.32. The molecule has 0 radical (unpaired) electrons. The molecule has 1 saturated heterocycles. The molecule has 0 spiro atoms. The molecule has 3 nitrogen and oxygen atoms in total. The van der Waals surface area contributed by atoms with E-state index in [0.717, 1.165) is 18.8 Å². The van der Waals surface area contributed by atoms with Crippen LogP contribution in [0.2, 0.25) is 0 Å². The second kappa shape index (κ2) is 6.21. The lowest BCUT2D eigenvalue weighted by molar-refractivity contribution is 0.166. The van der Waals surface area contributed by atoms with Crippen molar-refractivity contribution in [3.63, 3.8) is 0 Å². The van der Waals surface area contributed by atoms with Crippen molar-refractivity contribution in [1.29, 1.82) is 0 Å². The second-order valence-electron chi connectivity index (χ2n) is 5.43. The van der Waals surface area contributed by atoms with Gasteiger partial charge >= 0.3 is 0 Å². The molecule has 1 aromatic rings. The van der Waals surface area contributed by atoms with Crippen molar-refractivity contribution in [2.75, 3.05) is 26.7 Å². The van der Waals surface area contributed by atoms with Crippen LogP contribution >= 0.6 is 0 Å². The number of nitrogens with zero attached hydrogens (tertiary/aromatic N) is 1. The third-order valence-electron chi connectivity index (χ3n) is 3.80. The first kappa shape index (κ1) is 13.4. The van der Waals surface area contributed by atoms with E-state index < -0.39 is 0 Å². The van der Waals surface area contributed by atoms with Crippen molar-refractivity contribution in [1.82, 2.24) is 4.90 Å². The van der Waals surface area contributed by atoms with E-state index in [2.05, 4.69) is 31.0 Å². The van der Waals surface area contributed by atoms with Gasteiger partial charge in [-0.3, -0.25) is 0 Å². The fourth-order valence-corrected chi connectivity index (χ4v) is 2.49. The Hall–Kier alpha value is -1.06. The normalized spacial score (nSPS) is 19.7. The molecule has 0 aliphatic carbocycles. The number of hydrogen-bond acceptors (Lipinski definition) is 3. The SMILES string of the molecule is Cc1cccc(OCC(N)C2CCN(C)CC2)c1. The van der Waals surface area contributed by atoms with Crippen LogP contribution in [0.1, 0.15) is 18.4 Å². The Morgan fingerprint density at radius 3 is 2.78 bits per heavy atom. The molecule has 0 aromatic heterocycles. The zero-order valence-electron chi connectivity index (χ0n) is 11.4. The highest BCUT2D eigenvalue weighted by atomic mass is 16.5. The first-order valence-electron chi connectivity index (χ1n) is 6.79. The van der Waals surface area contributed by atoms with Crippen LogP contribution in [0.5, 0.6) is 5.75 Å². The molecule has 3 heteroatoms. The summed E-state index contributed by atoms with van der Waals surface area (Å²) in [6.07, 6.45) is 2.38. The van der Waals surface area contributed by atoms with Crippen LogP contribution in [0.4, 0.5) is 0 Å². The van der Waals surface area contributed by atoms with Crippen LogP contribution in [0.15, 0.2) is 24.3 Å². The summed E-state index contributed by atoms with van der Waals surface area (Å²) in [5.74, 6) is 1.53. The van der Waals surface area contributed by atoms with E-state index in [1.54, 1.807) is 0 Å². The average Bonchev–Trinajstić information content (AvgIpc) is 2.37. The number of benzene rings is 1. The third-order valence-corrected chi connectivity index (χ3v) is 3.80. The van der Waals surface area contributed by atoms with Gasteiger partial charge in [0, 0.05) is 6.04 Å². The average molecular weight is 248 g/mol. The predicted octanol–water partition coefficient (Wildman–Crippen LogP) is 2.04. The predicted molar refractivity (Wildman–Crippen MR) is 74.9 cm³/mol. The maximum atomic E-state index is 6.24. The Labute approximate surface area is 110 Å². The molecule has 1 heterocycles. The fourth-order valence-electron chi connectivity index (χ4n) is 2.49. The Balaban J connectivity index is 1.79. The van der Waals surface area contributed by atoms with Crippen molar-refractivity contribution >= 4 is 0 Å². The van der Waals surface area contributed by atoms with Crippen molar-refractivity contribution in [2.24, 2.45) is 11.7 Å². The minimum atomic E-state index is 0.152. The first-order valence-corrected chi connectivity index (χ1v) is 6.79. The lowest BCUT2D eigenvalue weighted by atomic mass is 9.90. The third kappa shape index (κ3) is 3.72. The maximum absolute atomic E-state index is 6.24. The summed E-state index contributed by atoms with van der Waals surface area (Å²) in [7, 11) is 2.17. The quantitative estimate of drug-likeness (QED) is 0.886. The topological polar surface area (TPSA) is 38.5 Å². The monoisotopic (exact) mass is 248 g/mol. The van der Waals surface area contributed by atoms with Crippen LogP contribution in [-0.2, 0) is 0 Å². The molecule has 1 aliphatic rings. The van der Waals surface area contributed by atoms with E-state index in [9.17, 15) is 0 Å². The molecule has 0 bridgehead atoms. The molecular weight excluding hydrogens is 224 g/mol. The first-order chi connectivity index (χ1) is 8.65. The molecule has 0 saturated carbocycles. The van der Waals surface area contributed by atoms with Gasteiger partial charge in [-0.15, -0.1) is 0 Å². The number of aryl methyl sites for hydroxylation is 1. The van der Waals surface area contributed by atoms with E-state index in [1.807, 2.05) is 12.1 Å². The molecular formula is C15H24N2O. The molecule has 2 rings (SSSR count).